The van der Waals surface area contributed by atoms with Crippen molar-refractivity contribution in [3.8, 4) is 0 Å². The van der Waals surface area contributed by atoms with Gasteiger partial charge in [-0.25, -0.2) is 0 Å². The number of amides is 1. The number of hydrogen-bond acceptors (Lipinski definition) is 3. The van der Waals surface area contributed by atoms with E-state index in [1.54, 1.807) is 6.07 Å². The first kappa shape index (κ1) is 13.0. The highest BCUT2D eigenvalue weighted by molar-refractivity contribution is 9.09. The van der Waals surface area contributed by atoms with Gasteiger partial charge < -0.3 is 5.32 Å². The fourth-order valence-corrected chi connectivity index (χ4v) is 2.42. The number of nitro groups is 1. The number of alkyl halides is 1. The van der Waals surface area contributed by atoms with E-state index in [9.17, 15) is 14.9 Å². The van der Waals surface area contributed by atoms with Crippen LogP contribution in [0.3, 0.4) is 0 Å². The third kappa shape index (κ3) is 2.87. The minimum Gasteiger partial charge on any atom is -0.351 e. The van der Waals surface area contributed by atoms with Crippen molar-refractivity contribution in [2.45, 2.75) is 12.8 Å². The highest BCUT2D eigenvalue weighted by atomic mass is 79.9. The lowest BCUT2D eigenvalue weighted by Crippen LogP contribution is -2.30. The number of carbonyl (C=O) groups is 1. The maximum absolute atomic E-state index is 11.9. The highest BCUT2D eigenvalue weighted by Gasteiger charge is 2.41. The van der Waals surface area contributed by atoms with Crippen molar-refractivity contribution in [3.63, 3.8) is 0 Å². The van der Waals surface area contributed by atoms with Crippen molar-refractivity contribution in [2.75, 3.05) is 11.9 Å². The third-order valence-electron chi connectivity index (χ3n) is 3.18. The molecule has 0 unspecified atom stereocenters. The van der Waals surface area contributed by atoms with Gasteiger partial charge in [0.05, 0.1) is 4.92 Å². The van der Waals surface area contributed by atoms with Crippen LogP contribution in [-0.4, -0.2) is 22.7 Å². The van der Waals surface area contributed by atoms with Crippen LogP contribution in [0.15, 0.2) is 24.3 Å². The summed E-state index contributed by atoms with van der Waals surface area (Å²) in [5.41, 5.74) is 0.454. The summed E-state index contributed by atoms with van der Waals surface area (Å²) in [6, 6.07) is 5.77. The molecule has 0 aromatic heterocycles. The number of benzene rings is 1. The molecule has 5 nitrogen and oxygen atoms in total. The molecule has 96 valence electrons. The van der Waals surface area contributed by atoms with Gasteiger partial charge in [0.1, 0.15) is 0 Å². The summed E-state index contributed by atoms with van der Waals surface area (Å²) < 4.78 is 0. The quantitative estimate of drug-likeness (QED) is 0.516. The molecule has 6 heteroatoms. The van der Waals surface area contributed by atoms with Gasteiger partial charge in [0, 0.05) is 29.6 Å². The van der Waals surface area contributed by atoms with Crippen molar-refractivity contribution >= 4 is 27.5 Å². The Morgan fingerprint density at radius 1 is 1.50 bits per heavy atom. The number of rotatable bonds is 5. The molecular formula is C12H13BrN2O3. The van der Waals surface area contributed by atoms with Crippen LogP contribution in [0.2, 0.25) is 0 Å². The van der Waals surface area contributed by atoms with Crippen LogP contribution >= 0.6 is 15.9 Å². The average Bonchev–Trinajstić information content (AvgIpc) is 3.17. The molecule has 1 fully saturated rings. The first-order chi connectivity index (χ1) is 8.56. The summed E-state index contributed by atoms with van der Waals surface area (Å²) in [5, 5.41) is 14.3. The Balaban J connectivity index is 2.00. The van der Waals surface area contributed by atoms with Crippen molar-refractivity contribution in [2.24, 2.45) is 5.41 Å². The summed E-state index contributed by atoms with van der Waals surface area (Å²) in [4.78, 5) is 22.0. The average molecular weight is 313 g/mol. The largest absolute Gasteiger partial charge is 0.351 e. The smallest absolute Gasteiger partial charge is 0.270 e. The molecule has 18 heavy (non-hydrogen) atoms. The molecule has 0 bridgehead atoms. The molecule has 1 N–H and O–H groups in total. The van der Waals surface area contributed by atoms with E-state index in [0.29, 0.717) is 12.1 Å². The fourth-order valence-electron chi connectivity index (χ4n) is 1.66. The van der Waals surface area contributed by atoms with Gasteiger partial charge in [-0.1, -0.05) is 22.0 Å². The molecule has 1 saturated carbocycles. The van der Waals surface area contributed by atoms with Crippen LogP contribution in [0.25, 0.3) is 0 Å². The van der Waals surface area contributed by atoms with Gasteiger partial charge in [0.2, 0.25) is 0 Å². The minimum absolute atomic E-state index is 0.0655. The van der Waals surface area contributed by atoms with Crippen LogP contribution < -0.4 is 5.32 Å². The normalized spacial score (nSPS) is 16.1. The molecule has 1 aliphatic rings. The van der Waals surface area contributed by atoms with Gasteiger partial charge in [-0.05, 0) is 24.3 Å². The Bertz CT molecular complexity index is 486. The SMILES string of the molecule is O=C(NCC1(CBr)CC1)c1cccc([N+](=O)[O-])c1. The number of non-ortho nitro benzene ring substituents is 1. The molecule has 0 aliphatic heterocycles. The van der Waals surface area contributed by atoms with E-state index in [4.69, 9.17) is 0 Å². The number of hydrogen-bond donors (Lipinski definition) is 1. The molecule has 0 spiro atoms. The predicted octanol–water partition coefficient (Wildman–Crippen LogP) is 2.50. The first-order valence-corrected chi connectivity index (χ1v) is 6.77. The van der Waals surface area contributed by atoms with E-state index in [0.717, 1.165) is 18.2 Å². The molecule has 0 atom stereocenters. The Kier molecular flexibility index (Phi) is 3.65. The molecular weight excluding hydrogens is 300 g/mol. The first-order valence-electron chi connectivity index (χ1n) is 5.65. The molecule has 2 rings (SSSR count). The van der Waals surface area contributed by atoms with Gasteiger partial charge in [0.15, 0.2) is 0 Å². The molecule has 1 aromatic rings. The van der Waals surface area contributed by atoms with Crippen molar-refractivity contribution in [1.29, 1.82) is 0 Å². The summed E-state index contributed by atoms with van der Waals surface area (Å²) in [6.07, 6.45) is 2.21. The minimum atomic E-state index is -0.502. The van der Waals surface area contributed by atoms with Crippen LogP contribution in [0, 0.1) is 15.5 Å². The Hall–Kier alpha value is -1.43. The maximum atomic E-state index is 11.9. The molecule has 0 saturated heterocycles. The lowest BCUT2D eigenvalue weighted by molar-refractivity contribution is -0.384. The van der Waals surface area contributed by atoms with Gasteiger partial charge in [-0.15, -0.1) is 0 Å². The monoisotopic (exact) mass is 312 g/mol. The lowest BCUT2D eigenvalue weighted by Gasteiger charge is -2.12. The van der Waals surface area contributed by atoms with Crippen molar-refractivity contribution in [1.82, 2.24) is 5.32 Å². The standard InChI is InChI=1S/C12H13BrN2O3/c13-7-12(4-5-12)8-14-11(16)9-2-1-3-10(6-9)15(17)18/h1-3,6H,4-5,7-8H2,(H,14,16). The summed E-state index contributed by atoms with van der Waals surface area (Å²) in [6.45, 7) is 0.611. The van der Waals surface area contributed by atoms with Crippen molar-refractivity contribution in [3.05, 3.63) is 39.9 Å². The van der Waals surface area contributed by atoms with Gasteiger partial charge in [-0.2, -0.15) is 0 Å². The Morgan fingerprint density at radius 3 is 2.78 bits per heavy atom. The molecule has 1 aliphatic carbocycles. The van der Waals surface area contributed by atoms with Crippen LogP contribution in [0.1, 0.15) is 23.2 Å². The van der Waals surface area contributed by atoms with E-state index >= 15 is 0 Å². The molecule has 1 aromatic carbocycles. The van der Waals surface area contributed by atoms with Gasteiger partial charge in [0.25, 0.3) is 11.6 Å². The zero-order valence-electron chi connectivity index (χ0n) is 9.69. The summed E-state index contributed by atoms with van der Waals surface area (Å²) in [7, 11) is 0. The van der Waals surface area contributed by atoms with Crippen molar-refractivity contribution < 1.29 is 9.72 Å². The van der Waals surface area contributed by atoms with Gasteiger partial charge >= 0.3 is 0 Å². The fraction of sp³-hybridized carbons (Fsp3) is 0.417. The lowest BCUT2D eigenvalue weighted by atomic mass is 10.1. The third-order valence-corrected chi connectivity index (χ3v) is 4.37. The zero-order chi connectivity index (χ0) is 13.2. The Morgan fingerprint density at radius 2 is 2.22 bits per heavy atom. The summed E-state index contributed by atoms with van der Waals surface area (Å²) in [5.74, 6) is -0.258. The topological polar surface area (TPSA) is 72.2 Å². The number of halogens is 1. The summed E-state index contributed by atoms with van der Waals surface area (Å²) >= 11 is 3.43. The molecule has 0 heterocycles. The zero-order valence-corrected chi connectivity index (χ0v) is 11.3. The predicted molar refractivity (Wildman–Crippen MR) is 70.9 cm³/mol. The number of nitrogens with zero attached hydrogens (tertiary/aromatic N) is 1. The molecule has 0 radical (unpaired) electrons. The number of nitro benzene ring substituents is 1. The number of nitrogens with one attached hydrogen (secondary N) is 1. The van der Waals surface area contributed by atoms with E-state index < -0.39 is 4.92 Å². The van der Waals surface area contributed by atoms with E-state index in [-0.39, 0.29) is 17.0 Å². The number of carbonyl (C=O) groups excluding carboxylic acids is 1. The molecule has 1 amide bonds. The van der Waals surface area contributed by atoms with Crippen LogP contribution in [0.4, 0.5) is 5.69 Å². The second kappa shape index (κ2) is 5.06. The van der Waals surface area contributed by atoms with Gasteiger partial charge in [-0.3, -0.25) is 14.9 Å². The van der Waals surface area contributed by atoms with E-state index in [1.165, 1.54) is 18.2 Å². The Labute approximate surface area is 113 Å². The second-order valence-electron chi connectivity index (χ2n) is 4.62. The highest BCUT2D eigenvalue weighted by Crippen LogP contribution is 2.46. The van der Waals surface area contributed by atoms with E-state index in [1.807, 2.05) is 0 Å². The van der Waals surface area contributed by atoms with Crippen LogP contribution in [-0.2, 0) is 0 Å². The second-order valence-corrected chi connectivity index (χ2v) is 5.18. The maximum Gasteiger partial charge on any atom is 0.270 e. The van der Waals surface area contributed by atoms with Crippen LogP contribution in [0.5, 0.6) is 0 Å². The van der Waals surface area contributed by atoms with E-state index in [2.05, 4.69) is 21.2 Å².